The van der Waals surface area contributed by atoms with Gasteiger partial charge in [0.05, 0.1) is 0 Å². The molecule has 0 bridgehead atoms. The molecule has 2 saturated carbocycles. The van der Waals surface area contributed by atoms with Gasteiger partial charge in [-0.05, 0) is 117 Å². The molecular weight excluding hydrogens is 386 g/mol. The van der Waals surface area contributed by atoms with Crippen molar-refractivity contribution in [1.29, 1.82) is 0 Å². The second-order valence-corrected chi connectivity index (χ2v) is 10.1. The third-order valence-electron chi connectivity index (χ3n) is 8.15. The molecular formula is C29H38F2. The summed E-state index contributed by atoms with van der Waals surface area (Å²) >= 11 is 0. The van der Waals surface area contributed by atoms with Gasteiger partial charge in [-0.15, -0.1) is 0 Å². The Kier molecular flexibility index (Phi) is 7.80. The lowest BCUT2D eigenvalue weighted by molar-refractivity contribution is 0.177. The van der Waals surface area contributed by atoms with Crippen LogP contribution in [0.3, 0.4) is 0 Å². The van der Waals surface area contributed by atoms with Crippen LogP contribution in [-0.2, 0) is 6.42 Å². The van der Waals surface area contributed by atoms with Crippen LogP contribution in [0.25, 0.3) is 0 Å². The topological polar surface area (TPSA) is 0 Å². The Morgan fingerprint density at radius 2 is 1.19 bits per heavy atom. The first-order chi connectivity index (χ1) is 15.1. The quantitative estimate of drug-likeness (QED) is 0.389. The molecule has 0 unspecified atom stereocenters. The molecule has 0 aliphatic heterocycles. The number of benzene rings is 2. The predicted molar refractivity (Wildman–Crippen MR) is 125 cm³/mol. The van der Waals surface area contributed by atoms with E-state index in [0.29, 0.717) is 5.92 Å². The van der Waals surface area contributed by atoms with Crippen LogP contribution in [0.15, 0.2) is 42.5 Å². The Labute approximate surface area is 187 Å². The molecule has 2 aliphatic rings. The Bertz CT molecular complexity index is 809. The van der Waals surface area contributed by atoms with Crippen molar-refractivity contribution in [2.24, 2.45) is 11.8 Å². The minimum atomic E-state index is -0.736. The van der Waals surface area contributed by atoms with Gasteiger partial charge in [0.15, 0.2) is 11.6 Å². The fourth-order valence-electron chi connectivity index (χ4n) is 6.15. The van der Waals surface area contributed by atoms with E-state index < -0.39 is 11.6 Å². The lowest BCUT2D eigenvalue weighted by Gasteiger charge is -2.38. The van der Waals surface area contributed by atoms with Gasteiger partial charge < -0.3 is 0 Å². The molecule has 0 spiro atoms. The van der Waals surface area contributed by atoms with Crippen LogP contribution in [0.5, 0.6) is 0 Å². The molecule has 0 atom stereocenters. The number of aryl methyl sites for hydroxylation is 1. The summed E-state index contributed by atoms with van der Waals surface area (Å²) in [7, 11) is 0. The highest BCUT2D eigenvalue weighted by Crippen LogP contribution is 2.45. The average molecular weight is 425 g/mol. The number of rotatable bonds is 7. The van der Waals surface area contributed by atoms with E-state index in [0.717, 1.165) is 36.2 Å². The van der Waals surface area contributed by atoms with Gasteiger partial charge in [0, 0.05) is 0 Å². The molecule has 2 aromatic rings. The van der Waals surface area contributed by atoms with Crippen LogP contribution >= 0.6 is 0 Å². The van der Waals surface area contributed by atoms with E-state index in [-0.39, 0.29) is 0 Å². The van der Waals surface area contributed by atoms with Crippen LogP contribution in [0.1, 0.15) is 106 Å². The minimum Gasteiger partial charge on any atom is -0.204 e. The zero-order valence-corrected chi connectivity index (χ0v) is 19.1. The fraction of sp³-hybridized carbons (Fsp3) is 0.586. The second kappa shape index (κ2) is 10.7. The molecule has 0 radical (unpaired) electrons. The summed E-state index contributed by atoms with van der Waals surface area (Å²) in [5.74, 6) is 1.38. The van der Waals surface area contributed by atoms with Crippen LogP contribution in [0, 0.1) is 23.5 Å². The van der Waals surface area contributed by atoms with Crippen molar-refractivity contribution >= 4 is 0 Å². The number of hydrogen-bond donors (Lipinski definition) is 0. The first-order valence-corrected chi connectivity index (χ1v) is 12.7. The van der Waals surface area contributed by atoms with Crippen LogP contribution < -0.4 is 0 Å². The molecule has 0 nitrogen and oxygen atoms in total. The number of unbranched alkanes of at least 4 members (excludes halogenated alkanes) is 2. The smallest absolute Gasteiger partial charge is 0.159 e. The molecule has 0 aromatic heterocycles. The van der Waals surface area contributed by atoms with Gasteiger partial charge in [-0.25, -0.2) is 8.78 Å². The molecule has 2 heteroatoms. The zero-order valence-electron chi connectivity index (χ0n) is 19.1. The van der Waals surface area contributed by atoms with E-state index in [1.54, 1.807) is 11.6 Å². The zero-order chi connectivity index (χ0) is 21.6. The first kappa shape index (κ1) is 22.5. The van der Waals surface area contributed by atoms with E-state index >= 15 is 0 Å². The number of hydrogen-bond acceptors (Lipinski definition) is 0. The lowest BCUT2D eigenvalue weighted by Crippen LogP contribution is -2.25. The SMILES string of the molecule is CCCCCc1ccc(C2CCC(C3CCC(c4ccc(F)c(F)c4)CC3)CC2)cc1. The van der Waals surface area contributed by atoms with Crippen molar-refractivity contribution < 1.29 is 8.78 Å². The van der Waals surface area contributed by atoms with Crippen molar-refractivity contribution in [1.82, 2.24) is 0 Å². The van der Waals surface area contributed by atoms with Crippen LogP contribution in [0.2, 0.25) is 0 Å². The molecule has 0 saturated heterocycles. The predicted octanol–water partition coefficient (Wildman–Crippen LogP) is 8.95. The van der Waals surface area contributed by atoms with Gasteiger partial charge in [0.2, 0.25) is 0 Å². The van der Waals surface area contributed by atoms with Crippen LogP contribution in [-0.4, -0.2) is 0 Å². The standard InChI is InChI=1S/C29H38F2/c1-2-3-4-5-21-6-8-22(9-7-21)23-10-12-24(13-11-23)25-14-16-26(17-15-25)27-18-19-28(30)29(31)20-27/h6-9,18-20,23-26H,2-5,10-17H2,1H3. The Hall–Kier alpha value is -1.70. The Morgan fingerprint density at radius 3 is 1.74 bits per heavy atom. The maximum Gasteiger partial charge on any atom is 0.159 e. The maximum atomic E-state index is 13.6. The Morgan fingerprint density at radius 1 is 0.645 bits per heavy atom. The van der Waals surface area contributed by atoms with Gasteiger partial charge >= 0.3 is 0 Å². The van der Waals surface area contributed by atoms with E-state index in [2.05, 4.69) is 31.2 Å². The summed E-state index contributed by atoms with van der Waals surface area (Å²) in [5.41, 5.74) is 4.02. The second-order valence-electron chi connectivity index (χ2n) is 10.1. The monoisotopic (exact) mass is 424 g/mol. The van der Waals surface area contributed by atoms with Gasteiger partial charge in [-0.1, -0.05) is 50.1 Å². The minimum absolute atomic E-state index is 0.401. The van der Waals surface area contributed by atoms with Crippen molar-refractivity contribution in [2.45, 2.75) is 95.8 Å². The summed E-state index contributed by atoms with van der Waals surface area (Å²) in [4.78, 5) is 0. The first-order valence-electron chi connectivity index (χ1n) is 12.7. The van der Waals surface area contributed by atoms with Crippen molar-refractivity contribution in [3.8, 4) is 0 Å². The van der Waals surface area contributed by atoms with Crippen molar-refractivity contribution in [2.75, 3.05) is 0 Å². The summed E-state index contributed by atoms with van der Waals surface area (Å²) in [5, 5.41) is 0. The van der Waals surface area contributed by atoms with Crippen molar-refractivity contribution in [3.63, 3.8) is 0 Å². The highest BCUT2D eigenvalue weighted by atomic mass is 19.2. The summed E-state index contributed by atoms with van der Waals surface area (Å²) in [6.07, 6.45) is 15.2. The average Bonchev–Trinajstić information content (AvgIpc) is 2.82. The van der Waals surface area contributed by atoms with Gasteiger partial charge in [0.1, 0.15) is 0 Å². The fourth-order valence-corrected chi connectivity index (χ4v) is 6.15. The summed E-state index contributed by atoms with van der Waals surface area (Å²) in [6, 6.07) is 14.0. The van der Waals surface area contributed by atoms with E-state index in [9.17, 15) is 8.78 Å². The van der Waals surface area contributed by atoms with Gasteiger partial charge in [0.25, 0.3) is 0 Å². The largest absolute Gasteiger partial charge is 0.204 e. The highest BCUT2D eigenvalue weighted by Gasteiger charge is 2.31. The Balaban J connectivity index is 1.23. The highest BCUT2D eigenvalue weighted by molar-refractivity contribution is 5.26. The molecule has 2 fully saturated rings. The summed E-state index contributed by atoms with van der Waals surface area (Å²) < 4.78 is 26.8. The maximum absolute atomic E-state index is 13.6. The lowest BCUT2D eigenvalue weighted by atomic mass is 9.67. The molecule has 4 rings (SSSR count). The van der Waals surface area contributed by atoms with Crippen LogP contribution in [0.4, 0.5) is 8.78 Å². The molecule has 31 heavy (non-hydrogen) atoms. The molecule has 0 N–H and O–H groups in total. The third kappa shape index (κ3) is 5.76. The van der Waals surface area contributed by atoms with E-state index in [4.69, 9.17) is 0 Å². The van der Waals surface area contributed by atoms with Gasteiger partial charge in [-0.3, -0.25) is 0 Å². The normalized spacial score (nSPS) is 26.7. The van der Waals surface area contributed by atoms with Crippen molar-refractivity contribution in [3.05, 3.63) is 70.8 Å². The van der Waals surface area contributed by atoms with Gasteiger partial charge in [-0.2, -0.15) is 0 Å². The molecule has 2 aromatic carbocycles. The summed E-state index contributed by atoms with van der Waals surface area (Å²) in [6.45, 7) is 2.26. The molecule has 0 heterocycles. The molecule has 168 valence electrons. The third-order valence-corrected chi connectivity index (χ3v) is 8.15. The van der Waals surface area contributed by atoms with E-state index in [1.165, 1.54) is 81.9 Å². The molecule has 2 aliphatic carbocycles. The molecule has 0 amide bonds. The van der Waals surface area contributed by atoms with E-state index in [1.807, 2.05) is 0 Å². The number of halogens is 2.